The van der Waals surface area contributed by atoms with Gasteiger partial charge < -0.3 is 10.1 Å². The number of hydrogen-bond donors (Lipinski definition) is 1. The van der Waals surface area contributed by atoms with Crippen LogP contribution in [0.2, 0.25) is 0 Å². The molecule has 0 aliphatic carbocycles. The second-order valence-corrected chi connectivity index (χ2v) is 8.35. The van der Waals surface area contributed by atoms with Gasteiger partial charge in [-0.2, -0.15) is 0 Å². The maximum absolute atomic E-state index is 13.0. The molecular weight excluding hydrogens is 386 g/mol. The van der Waals surface area contributed by atoms with Gasteiger partial charge in [-0.15, -0.1) is 0 Å². The number of methoxy groups -OCH3 is 1. The highest BCUT2D eigenvalue weighted by Crippen LogP contribution is 2.23. The lowest BCUT2D eigenvalue weighted by Crippen LogP contribution is -2.30. The zero-order valence-corrected chi connectivity index (χ0v) is 17.4. The number of rotatable bonds is 9. The third-order valence-electron chi connectivity index (χ3n) is 4.46. The van der Waals surface area contributed by atoms with Crippen molar-refractivity contribution in [3.8, 4) is 0 Å². The molecule has 0 unspecified atom stereocenters. The van der Waals surface area contributed by atoms with Gasteiger partial charge in [0.1, 0.15) is 10.7 Å². The van der Waals surface area contributed by atoms with Gasteiger partial charge in [-0.3, -0.25) is 4.31 Å². The van der Waals surface area contributed by atoms with Crippen LogP contribution in [0.15, 0.2) is 77.8 Å². The predicted molar refractivity (Wildman–Crippen MR) is 115 cm³/mol. The molecule has 0 spiro atoms. The molecule has 0 amide bonds. The van der Waals surface area contributed by atoms with E-state index in [1.54, 1.807) is 31.4 Å². The van der Waals surface area contributed by atoms with Gasteiger partial charge in [0.05, 0.1) is 12.3 Å². The van der Waals surface area contributed by atoms with Crippen molar-refractivity contribution in [3.05, 3.63) is 84.1 Å². The van der Waals surface area contributed by atoms with Gasteiger partial charge in [0, 0.05) is 26.4 Å². The van der Waals surface area contributed by atoms with E-state index in [2.05, 4.69) is 10.3 Å². The average Bonchev–Trinajstić information content (AvgIpc) is 2.75. The molecule has 0 aliphatic heterocycles. The molecule has 7 heteroatoms. The largest absolute Gasteiger partial charge is 0.380 e. The summed E-state index contributed by atoms with van der Waals surface area (Å²) in [7, 11) is -2.00. The number of nitrogens with one attached hydrogen (secondary N) is 1. The SMILES string of the molecule is CCN(c1ccccc1)S(=O)(=O)c1ccc(NCc2ccc(COC)cc2)nc1. The molecule has 1 heterocycles. The molecule has 0 saturated heterocycles. The van der Waals surface area contributed by atoms with Crippen LogP contribution in [-0.4, -0.2) is 27.1 Å². The maximum atomic E-state index is 13.0. The van der Waals surface area contributed by atoms with E-state index in [9.17, 15) is 8.42 Å². The highest BCUT2D eigenvalue weighted by molar-refractivity contribution is 7.92. The number of aromatic nitrogens is 1. The Morgan fingerprint density at radius 2 is 1.66 bits per heavy atom. The van der Waals surface area contributed by atoms with Crippen molar-refractivity contribution >= 4 is 21.5 Å². The fourth-order valence-electron chi connectivity index (χ4n) is 2.96. The van der Waals surface area contributed by atoms with Gasteiger partial charge in [-0.05, 0) is 42.3 Å². The number of sulfonamides is 1. The molecule has 3 aromatic rings. The van der Waals surface area contributed by atoms with Crippen LogP contribution in [0.5, 0.6) is 0 Å². The summed E-state index contributed by atoms with van der Waals surface area (Å²) in [5.74, 6) is 0.618. The molecule has 0 radical (unpaired) electrons. The summed E-state index contributed by atoms with van der Waals surface area (Å²) < 4.78 is 32.5. The minimum Gasteiger partial charge on any atom is -0.380 e. The highest BCUT2D eigenvalue weighted by Gasteiger charge is 2.23. The van der Waals surface area contributed by atoms with Crippen LogP contribution in [0.25, 0.3) is 0 Å². The monoisotopic (exact) mass is 411 g/mol. The quantitative estimate of drug-likeness (QED) is 0.575. The number of nitrogens with zero attached hydrogens (tertiary/aromatic N) is 2. The molecule has 0 aliphatic rings. The molecule has 152 valence electrons. The van der Waals surface area contributed by atoms with Crippen LogP contribution in [-0.2, 0) is 27.9 Å². The second kappa shape index (κ2) is 9.54. The smallest absolute Gasteiger partial charge is 0.265 e. The van der Waals surface area contributed by atoms with E-state index in [0.29, 0.717) is 31.2 Å². The van der Waals surface area contributed by atoms with Crippen molar-refractivity contribution in [2.75, 3.05) is 23.3 Å². The Balaban J connectivity index is 1.69. The summed E-state index contributed by atoms with van der Waals surface area (Å²) in [5, 5.41) is 3.22. The topological polar surface area (TPSA) is 71.5 Å². The van der Waals surface area contributed by atoms with Crippen molar-refractivity contribution in [2.45, 2.75) is 25.0 Å². The zero-order chi connectivity index (χ0) is 20.7. The first-order valence-corrected chi connectivity index (χ1v) is 10.8. The number of para-hydroxylation sites is 1. The lowest BCUT2D eigenvalue weighted by atomic mass is 10.1. The van der Waals surface area contributed by atoms with E-state index in [0.717, 1.165) is 11.1 Å². The predicted octanol–water partition coefficient (Wildman–Crippen LogP) is 4.06. The third kappa shape index (κ3) is 5.13. The number of anilines is 2. The van der Waals surface area contributed by atoms with Crippen LogP contribution < -0.4 is 9.62 Å². The van der Waals surface area contributed by atoms with Crippen LogP contribution in [0.1, 0.15) is 18.1 Å². The van der Waals surface area contributed by atoms with Crippen LogP contribution in [0.4, 0.5) is 11.5 Å². The first-order chi connectivity index (χ1) is 14.0. The molecule has 29 heavy (non-hydrogen) atoms. The van der Waals surface area contributed by atoms with Crippen molar-refractivity contribution in [3.63, 3.8) is 0 Å². The Bertz CT molecular complexity index is 1010. The molecule has 0 fully saturated rings. The summed E-state index contributed by atoms with van der Waals surface area (Å²) in [6.07, 6.45) is 1.39. The summed E-state index contributed by atoms with van der Waals surface area (Å²) in [4.78, 5) is 4.44. The van der Waals surface area contributed by atoms with Gasteiger partial charge in [0.15, 0.2) is 0 Å². The van der Waals surface area contributed by atoms with Crippen LogP contribution in [0, 0.1) is 0 Å². The van der Waals surface area contributed by atoms with Crippen molar-refractivity contribution < 1.29 is 13.2 Å². The van der Waals surface area contributed by atoms with E-state index in [4.69, 9.17) is 4.74 Å². The van der Waals surface area contributed by atoms with Crippen molar-refractivity contribution in [1.82, 2.24) is 4.98 Å². The van der Waals surface area contributed by atoms with Gasteiger partial charge in [0.25, 0.3) is 10.0 Å². The Morgan fingerprint density at radius 1 is 0.966 bits per heavy atom. The van der Waals surface area contributed by atoms with Gasteiger partial charge in [-0.1, -0.05) is 42.5 Å². The van der Waals surface area contributed by atoms with E-state index in [1.165, 1.54) is 10.5 Å². The normalized spacial score (nSPS) is 11.2. The lowest BCUT2D eigenvalue weighted by molar-refractivity contribution is 0.185. The molecule has 3 rings (SSSR count). The van der Waals surface area contributed by atoms with Crippen LogP contribution >= 0.6 is 0 Å². The number of pyridine rings is 1. The zero-order valence-electron chi connectivity index (χ0n) is 16.6. The summed E-state index contributed by atoms with van der Waals surface area (Å²) >= 11 is 0. The van der Waals surface area contributed by atoms with E-state index >= 15 is 0 Å². The van der Waals surface area contributed by atoms with Gasteiger partial charge in [-0.25, -0.2) is 13.4 Å². The number of hydrogen-bond acceptors (Lipinski definition) is 5. The molecule has 0 saturated carbocycles. The van der Waals surface area contributed by atoms with Crippen LogP contribution in [0.3, 0.4) is 0 Å². The average molecular weight is 412 g/mol. The van der Waals surface area contributed by atoms with E-state index in [-0.39, 0.29) is 4.90 Å². The fourth-order valence-corrected chi connectivity index (χ4v) is 4.38. The Labute approximate surface area is 172 Å². The Morgan fingerprint density at radius 3 is 2.24 bits per heavy atom. The standard InChI is InChI=1S/C22H25N3O3S/c1-3-25(20-7-5-4-6-8-20)29(26,27)21-13-14-22(24-16-21)23-15-18-9-11-19(12-10-18)17-28-2/h4-14,16H,3,15,17H2,1-2H3,(H,23,24). The van der Waals surface area contributed by atoms with Crippen molar-refractivity contribution in [1.29, 1.82) is 0 Å². The minimum absolute atomic E-state index is 0.165. The summed E-state index contributed by atoms with van der Waals surface area (Å²) in [5.41, 5.74) is 2.85. The van der Waals surface area contributed by atoms with Crippen molar-refractivity contribution in [2.24, 2.45) is 0 Å². The van der Waals surface area contributed by atoms with E-state index < -0.39 is 10.0 Å². The first-order valence-electron chi connectivity index (χ1n) is 9.39. The second-order valence-electron chi connectivity index (χ2n) is 6.49. The number of benzene rings is 2. The molecule has 0 atom stereocenters. The Hall–Kier alpha value is -2.90. The minimum atomic E-state index is -3.67. The maximum Gasteiger partial charge on any atom is 0.265 e. The molecule has 1 N–H and O–H groups in total. The first kappa shape index (κ1) is 20.8. The van der Waals surface area contributed by atoms with E-state index in [1.807, 2.05) is 49.4 Å². The molecule has 2 aromatic carbocycles. The van der Waals surface area contributed by atoms with Gasteiger partial charge >= 0.3 is 0 Å². The number of ether oxygens (including phenoxy) is 1. The summed E-state index contributed by atoms with van der Waals surface area (Å²) in [6, 6.07) is 20.4. The highest BCUT2D eigenvalue weighted by atomic mass is 32.2. The summed E-state index contributed by atoms with van der Waals surface area (Å²) in [6.45, 7) is 3.33. The third-order valence-corrected chi connectivity index (χ3v) is 6.35. The molecular formula is C22H25N3O3S. The lowest BCUT2D eigenvalue weighted by Gasteiger charge is -2.22. The fraction of sp³-hybridized carbons (Fsp3) is 0.227. The molecule has 1 aromatic heterocycles. The van der Waals surface area contributed by atoms with Gasteiger partial charge in [0.2, 0.25) is 0 Å². The Kier molecular flexibility index (Phi) is 6.85. The molecule has 0 bridgehead atoms. The molecule has 6 nitrogen and oxygen atoms in total.